The molecule has 2 rings (SSSR count). The van der Waals surface area contributed by atoms with Crippen LogP contribution in [0.3, 0.4) is 0 Å². The molecule has 0 atom stereocenters. The summed E-state index contributed by atoms with van der Waals surface area (Å²) in [5.41, 5.74) is 1.13. The minimum atomic E-state index is -0.432. The molecule has 0 saturated carbocycles. The summed E-state index contributed by atoms with van der Waals surface area (Å²) in [6, 6.07) is 9.07. The van der Waals surface area contributed by atoms with Gasteiger partial charge in [0.05, 0.1) is 7.11 Å². The SMILES string of the molecule is COc1ccc(CNC(=O)c2cccc(F)c2)cn1. The number of benzene rings is 1. The van der Waals surface area contributed by atoms with Crippen LogP contribution in [0, 0.1) is 5.82 Å². The first kappa shape index (κ1) is 13.0. The monoisotopic (exact) mass is 260 g/mol. The Balaban J connectivity index is 1.96. The summed E-state index contributed by atoms with van der Waals surface area (Å²) in [7, 11) is 1.54. The van der Waals surface area contributed by atoms with Gasteiger partial charge in [0.2, 0.25) is 5.88 Å². The Kier molecular flexibility index (Phi) is 4.07. The van der Waals surface area contributed by atoms with Crippen molar-refractivity contribution in [1.82, 2.24) is 10.3 Å². The number of nitrogens with zero attached hydrogens (tertiary/aromatic N) is 1. The third kappa shape index (κ3) is 3.51. The quantitative estimate of drug-likeness (QED) is 0.916. The fraction of sp³-hybridized carbons (Fsp3) is 0.143. The molecule has 0 aliphatic rings. The van der Waals surface area contributed by atoms with E-state index in [1.807, 2.05) is 0 Å². The first-order chi connectivity index (χ1) is 9.19. The van der Waals surface area contributed by atoms with Crippen LogP contribution in [0.1, 0.15) is 15.9 Å². The van der Waals surface area contributed by atoms with Crippen molar-refractivity contribution in [1.29, 1.82) is 0 Å². The first-order valence-corrected chi connectivity index (χ1v) is 5.72. The molecule has 0 aliphatic carbocycles. The summed E-state index contributed by atoms with van der Waals surface area (Å²) < 4.78 is 17.9. The number of halogens is 1. The smallest absolute Gasteiger partial charge is 0.251 e. The topological polar surface area (TPSA) is 51.2 Å². The van der Waals surface area contributed by atoms with Gasteiger partial charge >= 0.3 is 0 Å². The highest BCUT2D eigenvalue weighted by Gasteiger charge is 2.06. The van der Waals surface area contributed by atoms with E-state index in [1.54, 1.807) is 24.4 Å². The number of hydrogen-bond donors (Lipinski definition) is 1. The van der Waals surface area contributed by atoms with Crippen molar-refractivity contribution in [3.8, 4) is 5.88 Å². The molecule has 1 heterocycles. The molecule has 0 unspecified atom stereocenters. The second-order valence-corrected chi connectivity index (χ2v) is 3.90. The molecule has 5 heteroatoms. The van der Waals surface area contributed by atoms with Gasteiger partial charge in [-0.15, -0.1) is 0 Å². The van der Waals surface area contributed by atoms with Crippen LogP contribution in [0.25, 0.3) is 0 Å². The second kappa shape index (κ2) is 5.95. The largest absolute Gasteiger partial charge is 0.481 e. The Hall–Kier alpha value is -2.43. The Labute approximate surface area is 110 Å². The molecule has 0 fully saturated rings. The zero-order valence-corrected chi connectivity index (χ0v) is 10.4. The Morgan fingerprint density at radius 1 is 1.37 bits per heavy atom. The molecule has 0 saturated heterocycles. The van der Waals surface area contributed by atoms with Crippen LogP contribution in [0.4, 0.5) is 4.39 Å². The van der Waals surface area contributed by atoms with Gasteiger partial charge in [0.25, 0.3) is 5.91 Å². The molecule has 1 aromatic heterocycles. The predicted octanol–water partition coefficient (Wildman–Crippen LogP) is 2.16. The van der Waals surface area contributed by atoms with E-state index in [0.29, 0.717) is 18.0 Å². The molecule has 19 heavy (non-hydrogen) atoms. The van der Waals surface area contributed by atoms with E-state index in [1.165, 1.54) is 25.3 Å². The maximum absolute atomic E-state index is 13.0. The van der Waals surface area contributed by atoms with E-state index >= 15 is 0 Å². The van der Waals surface area contributed by atoms with Gasteiger partial charge in [-0.25, -0.2) is 9.37 Å². The predicted molar refractivity (Wildman–Crippen MR) is 68.4 cm³/mol. The van der Waals surface area contributed by atoms with Gasteiger partial charge in [0.1, 0.15) is 5.82 Å². The molecule has 98 valence electrons. The van der Waals surface area contributed by atoms with Gasteiger partial charge in [-0.2, -0.15) is 0 Å². The number of carbonyl (C=O) groups excluding carboxylic acids is 1. The molecule has 2 aromatic rings. The number of pyridine rings is 1. The van der Waals surface area contributed by atoms with Gasteiger partial charge in [-0.1, -0.05) is 12.1 Å². The molecule has 1 amide bonds. The number of nitrogens with one attached hydrogen (secondary N) is 1. The van der Waals surface area contributed by atoms with Crippen LogP contribution in [-0.4, -0.2) is 18.0 Å². The number of aromatic nitrogens is 1. The highest BCUT2D eigenvalue weighted by Crippen LogP contribution is 2.07. The molecule has 0 aliphatic heterocycles. The van der Waals surface area contributed by atoms with Gasteiger partial charge < -0.3 is 10.1 Å². The lowest BCUT2D eigenvalue weighted by Crippen LogP contribution is -2.22. The van der Waals surface area contributed by atoms with Crippen LogP contribution < -0.4 is 10.1 Å². The zero-order chi connectivity index (χ0) is 13.7. The lowest BCUT2D eigenvalue weighted by molar-refractivity contribution is 0.0950. The fourth-order valence-electron chi connectivity index (χ4n) is 1.55. The maximum atomic E-state index is 13.0. The van der Waals surface area contributed by atoms with Crippen molar-refractivity contribution >= 4 is 5.91 Å². The fourth-order valence-corrected chi connectivity index (χ4v) is 1.55. The average molecular weight is 260 g/mol. The minimum Gasteiger partial charge on any atom is -0.481 e. The van der Waals surface area contributed by atoms with E-state index < -0.39 is 5.82 Å². The molecule has 1 N–H and O–H groups in total. The summed E-state index contributed by atoms with van der Waals surface area (Å²) in [5, 5.41) is 2.69. The lowest BCUT2D eigenvalue weighted by Gasteiger charge is -2.06. The highest BCUT2D eigenvalue weighted by atomic mass is 19.1. The van der Waals surface area contributed by atoms with Crippen LogP contribution >= 0.6 is 0 Å². The van der Waals surface area contributed by atoms with Crippen molar-refractivity contribution in [2.24, 2.45) is 0 Å². The summed E-state index contributed by atoms with van der Waals surface area (Å²) in [5.74, 6) is -0.241. The van der Waals surface area contributed by atoms with Crippen molar-refractivity contribution in [3.63, 3.8) is 0 Å². The lowest BCUT2D eigenvalue weighted by atomic mass is 10.2. The Bertz CT molecular complexity index is 570. The summed E-state index contributed by atoms with van der Waals surface area (Å²) in [6.45, 7) is 0.326. The van der Waals surface area contributed by atoms with Crippen molar-refractivity contribution in [2.75, 3.05) is 7.11 Å². The van der Waals surface area contributed by atoms with Crippen molar-refractivity contribution in [2.45, 2.75) is 6.54 Å². The third-order valence-electron chi connectivity index (χ3n) is 2.55. The first-order valence-electron chi connectivity index (χ1n) is 5.72. The average Bonchev–Trinajstić information content (AvgIpc) is 2.45. The van der Waals surface area contributed by atoms with E-state index in [-0.39, 0.29) is 5.91 Å². The summed E-state index contributed by atoms with van der Waals surface area (Å²) in [6.07, 6.45) is 1.62. The number of rotatable bonds is 4. The van der Waals surface area contributed by atoms with E-state index in [9.17, 15) is 9.18 Å². The van der Waals surface area contributed by atoms with Gasteiger partial charge in [0.15, 0.2) is 0 Å². The summed E-state index contributed by atoms with van der Waals surface area (Å²) >= 11 is 0. The van der Waals surface area contributed by atoms with E-state index in [0.717, 1.165) is 5.56 Å². The highest BCUT2D eigenvalue weighted by molar-refractivity contribution is 5.94. The van der Waals surface area contributed by atoms with Crippen LogP contribution in [0.2, 0.25) is 0 Å². The van der Waals surface area contributed by atoms with Crippen LogP contribution in [-0.2, 0) is 6.54 Å². The number of hydrogen-bond acceptors (Lipinski definition) is 3. The zero-order valence-electron chi connectivity index (χ0n) is 10.4. The molecule has 0 bridgehead atoms. The molecule has 0 radical (unpaired) electrons. The second-order valence-electron chi connectivity index (χ2n) is 3.90. The number of carbonyl (C=O) groups is 1. The Morgan fingerprint density at radius 2 is 2.21 bits per heavy atom. The molecule has 4 nitrogen and oxygen atoms in total. The van der Waals surface area contributed by atoms with E-state index in [4.69, 9.17) is 4.74 Å². The molecule has 1 aromatic carbocycles. The number of amides is 1. The summed E-state index contributed by atoms with van der Waals surface area (Å²) in [4.78, 5) is 15.8. The van der Waals surface area contributed by atoms with Gasteiger partial charge in [-0.05, 0) is 23.8 Å². The standard InChI is InChI=1S/C14H13FN2O2/c1-19-13-6-5-10(8-16-13)9-17-14(18)11-3-2-4-12(15)7-11/h2-8H,9H2,1H3,(H,17,18). The molecule has 0 spiro atoms. The Morgan fingerprint density at radius 3 is 2.84 bits per heavy atom. The molecular weight excluding hydrogens is 247 g/mol. The maximum Gasteiger partial charge on any atom is 0.251 e. The van der Waals surface area contributed by atoms with Crippen LogP contribution in [0.15, 0.2) is 42.6 Å². The van der Waals surface area contributed by atoms with Crippen LogP contribution in [0.5, 0.6) is 5.88 Å². The van der Waals surface area contributed by atoms with Crippen molar-refractivity contribution < 1.29 is 13.9 Å². The minimum absolute atomic E-state index is 0.293. The van der Waals surface area contributed by atoms with E-state index in [2.05, 4.69) is 10.3 Å². The van der Waals surface area contributed by atoms with Gasteiger partial charge in [0, 0.05) is 24.4 Å². The number of ether oxygens (including phenoxy) is 1. The normalized spacial score (nSPS) is 10.0. The molecular formula is C14H13FN2O2. The third-order valence-corrected chi connectivity index (χ3v) is 2.55. The van der Waals surface area contributed by atoms with Gasteiger partial charge in [-0.3, -0.25) is 4.79 Å². The number of methoxy groups -OCH3 is 1. The van der Waals surface area contributed by atoms with Crippen molar-refractivity contribution in [3.05, 3.63) is 59.5 Å².